The predicted molar refractivity (Wildman–Crippen MR) is 108 cm³/mol. The van der Waals surface area contributed by atoms with Crippen molar-refractivity contribution in [1.82, 2.24) is 24.9 Å². The van der Waals surface area contributed by atoms with Gasteiger partial charge in [0, 0.05) is 36.5 Å². The Morgan fingerprint density at radius 1 is 1.12 bits per heavy atom. The first kappa shape index (κ1) is 21.1. The summed E-state index contributed by atoms with van der Waals surface area (Å²) in [5.74, 6) is -2.01. The molecule has 0 radical (unpaired) electrons. The fourth-order valence-corrected chi connectivity index (χ4v) is 4.21. The molecule has 0 spiro atoms. The van der Waals surface area contributed by atoms with Crippen LogP contribution in [0.3, 0.4) is 0 Å². The second kappa shape index (κ2) is 7.98. The van der Waals surface area contributed by atoms with E-state index >= 15 is 0 Å². The molecule has 1 aromatic carbocycles. The third-order valence-corrected chi connectivity index (χ3v) is 5.92. The molecule has 3 aromatic rings. The van der Waals surface area contributed by atoms with Crippen molar-refractivity contribution >= 4 is 11.8 Å². The molecular weight excluding hydrogens is 439 g/mol. The SMILES string of the molecule is O=C(c1ccccc1)N1CCC(N2Cc3ncc(-c4noc(C(F)(F)F)n4)cc3C2=O)CC1. The van der Waals surface area contributed by atoms with Crippen molar-refractivity contribution in [2.24, 2.45) is 0 Å². The minimum atomic E-state index is -4.75. The number of benzene rings is 1. The van der Waals surface area contributed by atoms with E-state index in [-0.39, 0.29) is 29.2 Å². The molecule has 8 nitrogen and oxygen atoms in total. The van der Waals surface area contributed by atoms with E-state index in [2.05, 4.69) is 19.6 Å². The van der Waals surface area contributed by atoms with Gasteiger partial charge < -0.3 is 14.3 Å². The summed E-state index contributed by atoms with van der Waals surface area (Å²) in [6, 6.07) is 10.4. The topological polar surface area (TPSA) is 92.4 Å². The number of hydrogen-bond acceptors (Lipinski definition) is 6. The molecule has 2 aliphatic rings. The third-order valence-electron chi connectivity index (χ3n) is 5.92. The van der Waals surface area contributed by atoms with E-state index in [9.17, 15) is 22.8 Å². The van der Waals surface area contributed by atoms with Crippen LogP contribution in [0.4, 0.5) is 13.2 Å². The van der Waals surface area contributed by atoms with Crippen LogP contribution < -0.4 is 0 Å². The van der Waals surface area contributed by atoms with Gasteiger partial charge in [-0.3, -0.25) is 14.6 Å². The minimum absolute atomic E-state index is 0.0327. The van der Waals surface area contributed by atoms with Gasteiger partial charge in [-0.25, -0.2) is 0 Å². The minimum Gasteiger partial charge on any atom is -0.338 e. The Bertz CT molecular complexity index is 1200. The van der Waals surface area contributed by atoms with E-state index in [4.69, 9.17) is 0 Å². The molecule has 1 saturated heterocycles. The van der Waals surface area contributed by atoms with Crippen LogP contribution in [0.2, 0.25) is 0 Å². The van der Waals surface area contributed by atoms with E-state index < -0.39 is 12.1 Å². The van der Waals surface area contributed by atoms with E-state index in [1.165, 1.54) is 12.3 Å². The highest BCUT2D eigenvalue weighted by atomic mass is 19.4. The number of carbonyl (C=O) groups excluding carboxylic acids is 2. The molecule has 4 heterocycles. The van der Waals surface area contributed by atoms with E-state index in [1.807, 2.05) is 18.2 Å². The Kier molecular flexibility index (Phi) is 5.10. The Hall–Kier alpha value is -3.76. The van der Waals surface area contributed by atoms with Crippen LogP contribution in [-0.2, 0) is 12.7 Å². The van der Waals surface area contributed by atoms with Gasteiger partial charge in [0.05, 0.1) is 17.8 Å². The summed E-state index contributed by atoms with van der Waals surface area (Å²) >= 11 is 0. The molecule has 0 bridgehead atoms. The lowest BCUT2D eigenvalue weighted by molar-refractivity contribution is -0.159. The summed E-state index contributed by atoms with van der Waals surface area (Å²) in [5, 5.41) is 3.35. The summed E-state index contributed by atoms with van der Waals surface area (Å²) < 4.78 is 42.5. The second-order valence-corrected chi connectivity index (χ2v) is 7.96. The standard InChI is InChI=1S/C22H18F3N5O3/c23-22(24,25)21-27-18(28-33-21)14-10-16-17(26-11-14)12-30(20(16)32)15-6-8-29(9-7-15)19(31)13-4-2-1-3-5-13/h1-5,10-11,15H,6-9,12H2. The maximum atomic E-state index is 13.0. The van der Waals surface area contributed by atoms with Crippen LogP contribution in [0, 0.1) is 0 Å². The highest BCUT2D eigenvalue weighted by Crippen LogP contribution is 2.32. The van der Waals surface area contributed by atoms with E-state index in [0.717, 1.165) is 0 Å². The number of carbonyl (C=O) groups is 2. The zero-order valence-corrected chi connectivity index (χ0v) is 17.2. The molecule has 1 fully saturated rings. The van der Waals surface area contributed by atoms with Gasteiger partial charge in [-0.2, -0.15) is 18.2 Å². The van der Waals surface area contributed by atoms with Crippen LogP contribution in [0.15, 0.2) is 47.1 Å². The van der Waals surface area contributed by atoms with Crippen LogP contribution in [0.1, 0.15) is 45.1 Å². The zero-order chi connectivity index (χ0) is 23.2. The fourth-order valence-electron chi connectivity index (χ4n) is 4.21. The molecule has 0 N–H and O–H groups in total. The molecule has 2 amide bonds. The zero-order valence-electron chi connectivity index (χ0n) is 17.2. The second-order valence-electron chi connectivity index (χ2n) is 7.96. The van der Waals surface area contributed by atoms with E-state index in [1.54, 1.807) is 21.9 Å². The largest absolute Gasteiger partial charge is 0.471 e. The first-order valence-corrected chi connectivity index (χ1v) is 10.4. The lowest BCUT2D eigenvalue weighted by atomic mass is 10.0. The highest BCUT2D eigenvalue weighted by molar-refractivity contribution is 5.99. The molecule has 0 aliphatic carbocycles. The molecule has 2 aliphatic heterocycles. The Balaban J connectivity index is 1.27. The number of rotatable bonds is 3. The smallest absolute Gasteiger partial charge is 0.338 e. The number of pyridine rings is 1. The van der Waals surface area contributed by atoms with Crippen molar-refractivity contribution in [2.45, 2.75) is 31.6 Å². The number of fused-ring (bicyclic) bond motifs is 1. The van der Waals surface area contributed by atoms with Crippen molar-refractivity contribution in [3.8, 4) is 11.4 Å². The summed E-state index contributed by atoms with van der Waals surface area (Å²) in [4.78, 5) is 36.8. The Labute approximate surface area is 186 Å². The van der Waals surface area contributed by atoms with Gasteiger partial charge in [0.2, 0.25) is 5.82 Å². The van der Waals surface area contributed by atoms with Crippen LogP contribution in [-0.4, -0.2) is 55.9 Å². The first-order valence-electron chi connectivity index (χ1n) is 10.4. The number of halogens is 3. The molecule has 33 heavy (non-hydrogen) atoms. The van der Waals surface area contributed by atoms with Crippen LogP contribution >= 0.6 is 0 Å². The number of hydrogen-bond donors (Lipinski definition) is 0. The van der Waals surface area contributed by atoms with Crippen LogP contribution in [0.25, 0.3) is 11.4 Å². The molecule has 2 aromatic heterocycles. The number of aromatic nitrogens is 3. The average Bonchev–Trinajstić information content (AvgIpc) is 3.45. The number of amides is 2. The normalized spacial score (nSPS) is 16.9. The van der Waals surface area contributed by atoms with Crippen molar-refractivity contribution in [3.63, 3.8) is 0 Å². The number of alkyl halides is 3. The first-order chi connectivity index (χ1) is 15.8. The summed E-state index contributed by atoms with van der Waals surface area (Å²) in [6.07, 6.45) is -2.16. The molecular formula is C22H18F3N5O3. The molecule has 0 atom stereocenters. The summed E-state index contributed by atoms with van der Waals surface area (Å²) in [6.45, 7) is 1.37. The third kappa shape index (κ3) is 3.94. The van der Waals surface area contributed by atoms with Crippen LogP contribution in [0.5, 0.6) is 0 Å². The lowest BCUT2D eigenvalue weighted by Crippen LogP contribution is -2.46. The van der Waals surface area contributed by atoms with Gasteiger partial charge in [0.1, 0.15) is 0 Å². The highest BCUT2D eigenvalue weighted by Gasteiger charge is 2.39. The lowest BCUT2D eigenvalue weighted by Gasteiger charge is -2.36. The van der Waals surface area contributed by atoms with Gasteiger partial charge in [0.15, 0.2) is 0 Å². The number of likely N-dealkylation sites (tertiary alicyclic amines) is 1. The monoisotopic (exact) mass is 457 g/mol. The number of piperidine rings is 1. The Morgan fingerprint density at radius 3 is 2.52 bits per heavy atom. The molecule has 170 valence electrons. The fraction of sp³-hybridized carbons (Fsp3) is 0.318. The van der Waals surface area contributed by atoms with Crippen molar-refractivity contribution < 1.29 is 27.3 Å². The van der Waals surface area contributed by atoms with Gasteiger partial charge in [-0.1, -0.05) is 23.4 Å². The predicted octanol–water partition coefficient (Wildman–Crippen LogP) is 3.41. The average molecular weight is 457 g/mol. The van der Waals surface area contributed by atoms with Gasteiger partial charge in [-0.15, -0.1) is 0 Å². The van der Waals surface area contributed by atoms with Crippen molar-refractivity contribution in [3.05, 3.63) is 65.3 Å². The molecule has 0 saturated carbocycles. The maximum Gasteiger partial charge on any atom is 0.471 e. The molecule has 5 rings (SSSR count). The van der Waals surface area contributed by atoms with E-state index in [0.29, 0.717) is 49.3 Å². The van der Waals surface area contributed by atoms with Gasteiger partial charge in [0.25, 0.3) is 11.8 Å². The summed E-state index contributed by atoms with van der Waals surface area (Å²) in [5.41, 5.74) is 1.67. The molecule has 11 heteroatoms. The van der Waals surface area contributed by atoms with Gasteiger partial charge >= 0.3 is 12.1 Å². The number of nitrogens with zero attached hydrogens (tertiary/aromatic N) is 5. The van der Waals surface area contributed by atoms with Crippen molar-refractivity contribution in [2.75, 3.05) is 13.1 Å². The quantitative estimate of drug-likeness (QED) is 0.599. The Morgan fingerprint density at radius 2 is 1.85 bits per heavy atom. The maximum absolute atomic E-state index is 13.0. The summed E-state index contributed by atoms with van der Waals surface area (Å²) in [7, 11) is 0. The van der Waals surface area contributed by atoms with Gasteiger partial charge in [-0.05, 0) is 31.0 Å². The van der Waals surface area contributed by atoms with Crippen molar-refractivity contribution in [1.29, 1.82) is 0 Å². The molecule has 0 unspecified atom stereocenters.